The molecule has 0 spiro atoms. The molecule has 1 aliphatic rings. The van der Waals surface area contributed by atoms with Crippen LogP contribution in [-0.2, 0) is 0 Å². The van der Waals surface area contributed by atoms with Gasteiger partial charge in [0.25, 0.3) is 0 Å². The monoisotopic (exact) mass is 235 g/mol. The molecular formula is C14H21NS. The van der Waals surface area contributed by atoms with Gasteiger partial charge in [0.05, 0.1) is 0 Å². The number of fused-ring (bicyclic) bond motifs is 1. The van der Waals surface area contributed by atoms with E-state index in [4.69, 9.17) is 5.73 Å². The molecule has 0 saturated heterocycles. The molecule has 1 aliphatic heterocycles. The first-order chi connectivity index (χ1) is 7.68. The molecule has 0 aliphatic carbocycles. The average Bonchev–Trinajstić information content (AvgIpc) is 2.69. The van der Waals surface area contributed by atoms with Crippen LogP contribution in [0, 0.1) is 5.92 Å². The van der Waals surface area contributed by atoms with Gasteiger partial charge in [0.15, 0.2) is 0 Å². The molecule has 0 fully saturated rings. The van der Waals surface area contributed by atoms with Gasteiger partial charge in [-0.3, -0.25) is 0 Å². The second kappa shape index (κ2) is 5.24. The zero-order chi connectivity index (χ0) is 11.5. The van der Waals surface area contributed by atoms with Gasteiger partial charge in [-0.25, -0.2) is 0 Å². The van der Waals surface area contributed by atoms with Crippen LogP contribution >= 0.6 is 11.8 Å². The summed E-state index contributed by atoms with van der Waals surface area (Å²) in [5, 5.41) is 0. The average molecular weight is 235 g/mol. The SMILES string of the molecule is CC(C)CCC(N)C1CSc2ccccc21. The summed E-state index contributed by atoms with van der Waals surface area (Å²) in [4.78, 5) is 1.44. The Labute approximate surface area is 103 Å². The highest BCUT2D eigenvalue weighted by Crippen LogP contribution is 2.41. The van der Waals surface area contributed by atoms with E-state index in [1.165, 1.54) is 22.6 Å². The van der Waals surface area contributed by atoms with Crippen molar-refractivity contribution < 1.29 is 0 Å². The molecule has 2 atom stereocenters. The largest absolute Gasteiger partial charge is 0.327 e. The highest BCUT2D eigenvalue weighted by Gasteiger charge is 2.27. The molecule has 0 aromatic heterocycles. The second-order valence-corrected chi connectivity index (χ2v) is 6.15. The summed E-state index contributed by atoms with van der Waals surface area (Å²) in [6.07, 6.45) is 2.39. The van der Waals surface area contributed by atoms with E-state index in [-0.39, 0.29) is 0 Å². The highest BCUT2D eigenvalue weighted by atomic mass is 32.2. The Hall–Kier alpha value is -0.470. The second-order valence-electron chi connectivity index (χ2n) is 5.09. The predicted octanol–water partition coefficient (Wildman–Crippen LogP) is 3.64. The van der Waals surface area contributed by atoms with E-state index in [9.17, 15) is 0 Å². The summed E-state index contributed by atoms with van der Waals surface area (Å²) < 4.78 is 0. The Morgan fingerprint density at radius 1 is 1.31 bits per heavy atom. The fraction of sp³-hybridized carbons (Fsp3) is 0.571. The van der Waals surface area contributed by atoms with Crippen molar-refractivity contribution in [3.05, 3.63) is 29.8 Å². The van der Waals surface area contributed by atoms with Gasteiger partial charge >= 0.3 is 0 Å². The molecule has 88 valence electrons. The lowest BCUT2D eigenvalue weighted by molar-refractivity contribution is 0.461. The third kappa shape index (κ3) is 2.61. The van der Waals surface area contributed by atoms with E-state index >= 15 is 0 Å². The summed E-state index contributed by atoms with van der Waals surface area (Å²) in [6, 6.07) is 9.05. The molecule has 0 bridgehead atoms. The lowest BCUT2D eigenvalue weighted by atomic mass is 9.89. The minimum absolute atomic E-state index is 0.332. The normalized spacial score (nSPS) is 21.1. The smallest absolute Gasteiger partial charge is 0.0116 e. The molecule has 1 aromatic carbocycles. The fourth-order valence-electron chi connectivity index (χ4n) is 2.27. The van der Waals surface area contributed by atoms with Crippen molar-refractivity contribution in [3.8, 4) is 0 Å². The molecule has 16 heavy (non-hydrogen) atoms. The third-order valence-electron chi connectivity index (χ3n) is 3.33. The Morgan fingerprint density at radius 2 is 2.06 bits per heavy atom. The Balaban J connectivity index is 2.01. The molecule has 0 radical (unpaired) electrons. The summed E-state index contributed by atoms with van der Waals surface area (Å²) >= 11 is 1.96. The van der Waals surface area contributed by atoms with E-state index in [0.29, 0.717) is 12.0 Å². The lowest BCUT2D eigenvalue weighted by Crippen LogP contribution is -2.28. The van der Waals surface area contributed by atoms with Crippen LogP contribution in [0.2, 0.25) is 0 Å². The van der Waals surface area contributed by atoms with Crippen LogP contribution in [0.3, 0.4) is 0 Å². The maximum absolute atomic E-state index is 6.33. The fourth-order valence-corrected chi connectivity index (χ4v) is 3.62. The molecule has 2 unspecified atom stereocenters. The van der Waals surface area contributed by atoms with Crippen molar-refractivity contribution >= 4 is 11.8 Å². The molecule has 2 heteroatoms. The van der Waals surface area contributed by atoms with Crippen molar-refractivity contribution in [2.45, 2.75) is 43.5 Å². The molecule has 0 saturated carbocycles. The molecular weight excluding hydrogens is 214 g/mol. The van der Waals surface area contributed by atoms with Gasteiger partial charge in [0.1, 0.15) is 0 Å². The first kappa shape index (κ1) is 12.0. The van der Waals surface area contributed by atoms with Crippen molar-refractivity contribution in [3.63, 3.8) is 0 Å². The standard InChI is InChI=1S/C14H21NS/c1-10(2)7-8-13(15)12-9-16-14-6-4-3-5-11(12)14/h3-6,10,12-13H,7-9,15H2,1-2H3. The third-order valence-corrected chi connectivity index (χ3v) is 4.54. The number of thioether (sulfide) groups is 1. The molecule has 1 nitrogen and oxygen atoms in total. The Bertz CT molecular complexity index is 348. The van der Waals surface area contributed by atoms with Crippen molar-refractivity contribution in [1.82, 2.24) is 0 Å². The zero-order valence-electron chi connectivity index (χ0n) is 10.1. The number of rotatable bonds is 4. The Morgan fingerprint density at radius 3 is 2.81 bits per heavy atom. The Kier molecular flexibility index (Phi) is 3.93. The number of hydrogen-bond donors (Lipinski definition) is 1. The highest BCUT2D eigenvalue weighted by molar-refractivity contribution is 7.99. The van der Waals surface area contributed by atoms with Crippen LogP contribution in [0.5, 0.6) is 0 Å². The van der Waals surface area contributed by atoms with Gasteiger partial charge in [-0.2, -0.15) is 0 Å². The van der Waals surface area contributed by atoms with E-state index in [1.54, 1.807) is 0 Å². The topological polar surface area (TPSA) is 26.0 Å². The van der Waals surface area contributed by atoms with E-state index in [2.05, 4.69) is 38.1 Å². The van der Waals surface area contributed by atoms with Crippen LogP contribution in [0.4, 0.5) is 0 Å². The van der Waals surface area contributed by atoms with Crippen molar-refractivity contribution in [2.24, 2.45) is 11.7 Å². The summed E-state index contributed by atoms with van der Waals surface area (Å²) in [5.41, 5.74) is 7.80. The van der Waals surface area contributed by atoms with Crippen LogP contribution in [0.1, 0.15) is 38.2 Å². The minimum Gasteiger partial charge on any atom is -0.327 e. The van der Waals surface area contributed by atoms with E-state index in [1.807, 2.05) is 11.8 Å². The maximum atomic E-state index is 6.33. The van der Waals surface area contributed by atoms with Crippen molar-refractivity contribution in [2.75, 3.05) is 5.75 Å². The van der Waals surface area contributed by atoms with Crippen LogP contribution in [0.15, 0.2) is 29.2 Å². The van der Waals surface area contributed by atoms with E-state index in [0.717, 1.165) is 12.3 Å². The maximum Gasteiger partial charge on any atom is 0.0116 e. The van der Waals surface area contributed by atoms with Gasteiger partial charge < -0.3 is 5.73 Å². The van der Waals surface area contributed by atoms with Gasteiger partial charge in [0, 0.05) is 22.6 Å². The quantitative estimate of drug-likeness (QED) is 0.862. The van der Waals surface area contributed by atoms with Gasteiger partial charge in [-0.1, -0.05) is 32.0 Å². The number of benzene rings is 1. The van der Waals surface area contributed by atoms with Crippen LogP contribution in [-0.4, -0.2) is 11.8 Å². The molecule has 1 heterocycles. The van der Waals surface area contributed by atoms with Crippen molar-refractivity contribution in [1.29, 1.82) is 0 Å². The number of hydrogen-bond acceptors (Lipinski definition) is 2. The van der Waals surface area contributed by atoms with Gasteiger partial charge in [-0.05, 0) is 30.4 Å². The minimum atomic E-state index is 0.332. The van der Waals surface area contributed by atoms with Crippen LogP contribution < -0.4 is 5.73 Å². The van der Waals surface area contributed by atoms with E-state index < -0.39 is 0 Å². The summed E-state index contributed by atoms with van der Waals surface area (Å²) in [6.45, 7) is 4.54. The predicted molar refractivity (Wildman–Crippen MR) is 72.0 cm³/mol. The van der Waals surface area contributed by atoms with Crippen LogP contribution in [0.25, 0.3) is 0 Å². The zero-order valence-corrected chi connectivity index (χ0v) is 11.0. The first-order valence-corrected chi connectivity index (χ1v) is 7.14. The molecule has 0 amide bonds. The summed E-state index contributed by atoms with van der Waals surface area (Å²) in [7, 11) is 0. The number of nitrogens with two attached hydrogens (primary N) is 1. The molecule has 2 N–H and O–H groups in total. The molecule has 2 rings (SSSR count). The molecule has 1 aromatic rings. The summed E-state index contributed by atoms with van der Waals surface area (Å²) in [5.74, 6) is 2.49. The first-order valence-electron chi connectivity index (χ1n) is 6.15. The lowest BCUT2D eigenvalue weighted by Gasteiger charge is -2.20. The van der Waals surface area contributed by atoms with Gasteiger partial charge in [-0.15, -0.1) is 11.8 Å². The van der Waals surface area contributed by atoms with Gasteiger partial charge in [0.2, 0.25) is 0 Å².